The minimum absolute atomic E-state index is 0.159. The number of hydrogen-bond acceptors (Lipinski definition) is 3. The molecular weight excluding hydrogens is 276 g/mol. The van der Waals surface area contributed by atoms with Crippen LogP contribution in [-0.2, 0) is 4.74 Å². The molecule has 1 heterocycles. The van der Waals surface area contributed by atoms with Crippen molar-refractivity contribution in [2.45, 2.75) is 90.8 Å². The van der Waals surface area contributed by atoms with Crippen LogP contribution in [0.5, 0.6) is 0 Å². The first-order valence-electron chi connectivity index (χ1n) is 8.89. The predicted octanol–water partition coefficient (Wildman–Crippen LogP) is 3.94. The minimum Gasteiger partial charge on any atom is -0.444 e. The van der Waals surface area contributed by atoms with Crippen molar-refractivity contribution in [1.29, 1.82) is 0 Å². The average molecular weight is 310 g/mol. The maximum atomic E-state index is 12.3. The lowest BCUT2D eigenvalue weighted by Gasteiger charge is -2.30. The topological polar surface area (TPSA) is 41.6 Å². The van der Waals surface area contributed by atoms with Crippen molar-refractivity contribution in [3.63, 3.8) is 0 Å². The molecule has 1 N–H and O–H groups in total. The molecule has 2 unspecified atom stereocenters. The lowest BCUT2D eigenvalue weighted by molar-refractivity contribution is 0.0241. The Morgan fingerprint density at radius 3 is 2.50 bits per heavy atom. The Balaban J connectivity index is 1.88. The molecule has 1 saturated carbocycles. The van der Waals surface area contributed by atoms with Crippen LogP contribution in [0, 0.1) is 5.41 Å². The molecule has 2 fully saturated rings. The van der Waals surface area contributed by atoms with Crippen molar-refractivity contribution >= 4 is 6.09 Å². The fraction of sp³-hybridized carbons (Fsp3) is 0.944. The van der Waals surface area contributed by atoms with Crippen LogP contribution in [-0.4, -0.2) is 41.8 Å². The van der Waals surface area contributed by atoms with E-state index in [9.17, 15) is 4.79 Å². The molecule has 1 aliphatic heterocycles. The van der Waals surface area contributed by atoms with Crippen LogP contribution in [0.2, 0.25) is 0 Å². The van der Waals surface area contributed by atoms with Gasteiger partial charge in [0.25, 0.3) is 0 Å². The number of carbonyl (C=O) groups is 1. The monoisotopic (exact) mass is 310 g/mol. The highest BCUT2D eigenvalue weighted by molar-refractivity contribution is 5.68. The molecule has 2 rings (SSSR count). The fourth-order valence-corrected chi connectivity index (χ4v) is 3.68. The molecule has 0 aromatic heterocycles. The Labute approximate surface area is 136 Å². The summed E-state index contributed by atoms with van der Waals surface area (Å²) in [6.45, 7) is 12.1. The molecule has 0 spiro atoms. The number of nitrogens with zero attached hydrogens (tertiary/aromatic N) is 1. The number of nitrogens with one attached hydrogen (secondary N) is 1. The van der Waals surface area contributed by atoms with E-state index < -0.39 is 5.60 Å². The second kappa shape index (κ2) is 6.77. The summed E-state index contributed by atoms with van der Waals surface area (Å²) in [6.07, 6.45) is 7.07. The first-order chi connectivity index (χ1) is 10.1. The number of carbonyl (C=O) groups excluding carboxylic acids is 1. The summed E-state index contributed by atoms with van der Waals surface area (Å²) in [4.78, 5) is 14.2. The third-order valence-electron chi connectivity index (χ3n) is 4.76. The van der Waals surface area contributed by atoms with Gasteiger partial charge in [0, 0.05) is 25.2 Å². The Morgan fingerprint density at radius 1 is 1.18 bits per heavy atom. The van der Waals surface area contributed by atoms with Crippen LogP contribution in [0.4, 0.5) is 4.79 Å². The Kier molecular flexibility index (Phi) is 5.41. The van der Waals surface area contributed by atoms with Gasteiger partial charge >= 0.3 is 6.09 Å². The van der Waals surface area contributed by atoms with Crippen LogP contribution in [0.25, 0.3) is 0 Å². The Bertz CT molecular complexity index is 387. The summed E-state index contributed by atoms with van der Waals surface area (Å²) in [5.41, 5.74) is 0.0506. The Hall–Kier alpha value is -0.770. The van der Waals surface area contributed by atoms with E-state index in [1.165, 1.54) is 25.7 Å². The lowest BCUT2D eigenvalue weighted by atomic mass is 9.91. The fourth-order valence-electron chi connectivity index (χ4n) is 3.68. The highest BCUT2D eigenvalue weighted by Gasteiger charge is 2.33. The summed E-state index contributed by atoms with van der Waals surface area (Å²) in [5, 5.41) is 3.81. The van der Waals surface area contributed by atoms with Gasteiger partial charge in [-0.3, -0.25) is 0 Å². The van der Waals surface area contributed by atoms with Crippen LogP contribution in [0.3, 0.4) is 0 Å². The number of hydrogen-bond donors (Lipinski definition) is 1. The summed E-state index contributed by atoms with van der Waals surface area (Å²) >= 11 is 0. The van der Waals surface area contributed by atoms with E-state index in [2.05, 4.69) is 19.2 Å². The molecule has 22 heavy (non-hydrogen) atoms. The molecule has 1 saturated heterocycles. The van der Waals surface area contributed by atoms with Gasteiger partial charge in [0.2, 0.25) is 0 Å². The van der Waals surface area contributed by atoms with Crippen molar-refractivity contribution in [2.75, 3.05) is 13.1 Å². The third kappa shape index (κ3) is 5.45. The minimum atomic E-state index is -0.415. The highest BCUT2D eigenvalue weighted by Crippen LogP contribution is 2.37. The highest BCUT2D eigenvalue weighted by atomic mass is 16.6. The molecule has 1 amide bonds. The zero-order valence-electron chi connectivity index (χ0n) is 15.1. The van der Waals surface area contributed by atoms with Gasteiger partial charge in [-0.1, -0.05) is 20.3 Å². The number of amides is 1. The molecule has 128 valence electrons. The van der Waals surface area contributed by atoms with Gasteiger partial charge in [0.15, 0.2) is 0 Å². The van der Waals surface area contributed by atoms with Crippen molar-refractivity contribution < 1.29 is 9.53 Å². The number of rotatable bonds is 2. The predicted molar refractivity (Wildman–Crippen MR) is 90.0 cm³/mol. The number of ether oxygens (including phenoxy) is 1. The molecule has 4 nitrogen and oxygen atoms in total. The molecule has 0 aromatic rings. The average Bonchev–Trinajstić information content (AvgIpc) is 2.59. The second-order valence-electron chi connectivity index (χ2n) is 8.89. The summed E-state index contributed by atoms with van der Waals surface area (Å²) in [5.74, 6) is 0. The number of likely N-dealkylation sites (tertiary alicyclic amines) is 1. The van der Waals surface area contributed by atoms with Gasteiger partial charge in [-0.2, -0.15) is 0 Å². The zero-order chi connectivity index (χ0) is 16.4. The van der Waals surface area contributed by atoms with Crippen LogP contribution < -0.4 is 5.32 Å². The van der Waals surface area contributed by atoms with Crippen LogP contribution in [0.15, 0.2) is 0 Å². The smallest absolute Gasteiger partial charge is 0.410 e. The van der Waals surface area contributed by atoms with Gasteiger partial charge in [-0.05, 0) is 58.3 Å². The van der Waals surface area contributed by atoms with E-state index in [4.69, 9.17) is 4.74 Å². The van der Waals surface area contributed by atoms with Crippen molar-refractivity contribution in [3.05, 3.63) is 0 Å². The molecular formula is C18H34N2O2. The van der Waals surface area contributed by atoms with Gasteiger partial charge in [-0.15, -0.1) is 0 Å². The quantitative estimate of drug-likeness (QED) is 0.840. The van der Waals surface area contributed by atoms with Gasteiger partial charge in [0.05, 0.1) is 0 Å². The second-order valence-corrected chi connectivity index (χ2v) is 8.89. The van der Waals surface area contributed by atoms with E-state index in [1.807, 2.05) is 25.7 Å². The maximum Gasteiger partial charge on any atom is 0.410 e. The van der Waals surface area contributed by atoms with Gasteiger partial charge < -0.3 is 15.0 Å². The van der Waals surface area contributed by atoms with E-state index in [-0.39, 0.29) is 6.09 Å². The molecule has 0 radical (unpaired) electrons. The summed E-state index contributed by atoms with van der Waals surface area (Å²) in [6, 6.07) is 1.02. The normalized spacial score (nSPS) is 29.2. The SMILES string of the molecule is CC1(C)CCC(NC2CCCCN(C(=O)OC(C)(C)C)C2)C1. The third-order valence-corrected chi connectivity index (χ3v) is 4.76. The zero-order valence-corrected chi connectivity index (χ0v) is 15.1. The largest absolute Gasteiger partial charge is 0.444 e. The van der Waals surface area contributed by atoms with E-state index in [0.29, 0.717) is 17.5 Å². The summed E-state index contributed by atoms with van der Waals surface area (Å²) < 4.78 is 5.54. The van der Waals surface area contributed by atoms with Crippen LogP contribution in [0.1, 0.15) is 73.1 Å². The van der Waals surface area contributed by atoms with Crippen molar-refractivity contribution in [3.8, 4) is 0 Å². The summed E-state index contributed by atoms with van der Waals surface area (Å²) in [7, 11) is 0. The van der Waals surface area contributed by atoms with Gasteiger partial charge in [0.1, 0.15) is 5.60 Å². The van der Waals surface area contributed by atoms with E-state index in [0.717, 1.165) is 25.9 Å². The molecule has 1 aliphatic carbocycles. The first-order valence-corrected chi connectivity index (χ1v) is 8.89. The van der Waals surface area contributed by atoms with Gasteiger partial charge in [-0.25, -0.2) is 4.79 Å². The molecule has 0 aromatic carbocycles. The van der Waals surface area contributed by atoms with Crippen LogP contribution >= 0.6 is 0 Å². The van der Waals surface area contributed by atoms with E-state index >= 15 is 0 Å². The van der Waals surface area contributed by atoms with Crippen molar-refractivity contribution in [2.24, 2.45) is 5.41 Å². The first kappa shape index (κ1) is 17.6. The molecule has 2 atom stereocenters. The lowest BCUT2D eigenvalue weighted by Crippen LogP contribution is -2.47. The molecule has 0 bridgehead atoms. The molecule has 4 heteroatoms. The standard InChI is InChI=1S/C18H34N2O2/c1-17(2,3)22-16(21)20-11-7-6-8-15(13-20)19-14-9-10-18(4,5)12-14/h14-15,19H,6-13H2,1-5H3. The van der Waals surface area contributed by atoms with Crippen molar-refractivity contribution in [1.82, 2.24) is 10.2 Å². The Morgan fingerprint density at radius 2 is 1.91 bits per heavy atom. The molecule has 2 aliphatic rings. The van der Waals surface area contributed by atoms with E-state index in [1.54, 1.807) is 0 Å². The maximum absolute atomic E-state index is 12.3.